The van der Waals surface area contributed by atoms with Crippen molar-refractivity contribution in [1.29, 1.82) is 0 Å². The summed E-state index contributed by atoms with van der Waals surface area (Å²) in [5.41, 5.74) is 0.0957. The average molecular weight is 540 g/mol. The van der Waals surface area contributed by atoms with E-state index in [0.717, 1.165) is 30.7 Å². The van der Waals surface area contributed by atoms with E-state index in [0.29, 0.717) is 6.42 Å². The molecule has 0 aliphatic rings. The van der Waals surface area contributed by atoms with Crippen molar-refractivity contribution < 1.29 is 44.0 Å². The van der Waals surface area contributed by atoms with Gasteiger partial charge in [0.15, 0.2) is 0 Å². The van der Waals surface area contributed by atoms with Crippen molar-refractivity contribution in [3.63, 3.8) is 0 Å². The fraction of sp³-hybridized carbons (Fsp3) is 0.455. The Morgan fingerprint density at radius 1 is 0.618 bits per heavy atom. The van der Waals surface area contributed by atoms with E-state index in [9.17, 15) is 14.7 Å². The third kappa shape index (κ3) is 14.7. The van der Waals surface area contributed by atoms with Gasteiger partial charge in [0.1, 0.15) is 0 Å². The van der Waals surface area contributed by atoms with Crippen molar-refractivity contribution >= 4 is 29.8 Å². The van der Waals surface area contributed by atoms with Crippen LogP contribution in [-0.2, 0) is 0 Å². The van der Waals surface area contributed by atoms with E-state index in [-0.39, 0.29) is 5.30 Å². The first-order chi connectivity index (χ1) is 15.8. The Balaban J connectivity index is 0.00000118. The third-order valence-corrected chi connectivity index (χ3v) is 8.01. The molecule has 12 heteroatoms. The molecule has 0 fully saturated rings. The number of hydrogen-bond donors (Lipinski definition) is 9. The molecular weight excluding hydrogens is 501 g/mol. The van der Waals surface area contributed by atoms with E-state index < -0.39 is 30.1 Å². The van der Waals surface area contributed by atoms with Crippen LogP contribution in [0.4, 0.5) is 0 Å². The summed E-state index contributed by atoms with van der Waals surface area (Å²) in [5, 5.41) is 0.229. The Hall–Kier alpha value is -0.630. The third-order valence-electron chi connectivity index (χ3n) is 5.02. The average Bonchev–Trinajstić information content (AvgIpc) is 2.73. The Morgan fingerprint density at radius 3 is 1.41 bits per heavy atom. The van der Waals surface area contributed by atoms with Crippen LogP contribution in [0.5, 0.6) is 0 Å². The van der Waals surface area contributed by atoms with Crippen LogP contribution in [0.15, 0.2) is 60.7 Å². The summed E-state index contributed by atoms with van der Waals surface area (Å²) < 4.78 is 0. The second kappa shape index (κ2) is 16.9. The Bertz CT molecular complexity index is 743. The van der Waals surface area contributed by atoms with E-state index in [1.54, 1.807) is 24.3 Å². The second-order valence-corrected chi connectivity index (χ2v) is 12.5. The molecule has 0 bridgehead atoms. The molecular formula is C22H39O9P3. The quantitative estimate of drug-likeness (QED) is 0.160. The minimum absolute atomic E-state index is 0.229. The van der Waals surface area contributed by atoms with Gasteiger partial charge in [0.25, 0.3) is 0 Å². The molecule has 9 N–H and O–H groups in total. The van der Waals surface area contributed by atoms with Crippen LogP contribution in [-0.4, -0.2) is 44.0 Å². The van der Waals surface area contributed by atoms with E-state index in [1.165, 1.54) is 12.8 Å². The molecule has 2 rings (SSSR count). The monoisotopic (exact) mass is 540 g/mol. The topological polar surface area (TPSA) is 182 Å². The maximum Gasteiger partial charge on any atom is 0.324 e. The van der Waals surface area contributed by atoms with Crippen LogP contribution >= 0.6 is 24.5 Å². The largest absolute Gasteiger partial charge is 0.328 e. The molecule has 2 aromatic rings. The van der Waals surface area contributed by atoms with Gasteiger partial charge in [-0.2, -0.15) is 0 Å². The van der Waals surface area contributed by atoms with E-state index in [1.807, 2.05) is 36.4 Å². The molecule has 0 radical (unpaired) electrons. The van der Waals surface area contributed by atoms with Crippen molar-refractivity contribution in [2.24, 2.45) is 5.92 Å². The summed E-state index contributed by atoms with van der Waals surface area (Å²) in [6.07, 6.45) is 6.03. The standard InChI is InChI=1S/C22H33O3P.2H3O3P/c1-19(2)13-7-3-4-12-18-22(20-14-8-5-9-15-20)26(23,24,25)21-16-10-6-11-17-21;2*1-4(2)3/h5-6,8-11,14-17,19,22-25H,3-4,7,12-13,18H2,1-2H3;2*1-3H. The van der Waals surface area contributed by atoms with Crippen LogP contribution in [0.3, 0.4) is 0 Å². The summed E-state index contributed by atoms with van der Waals surface area (Å²) in [7, 11) is -10.3. The van der Waals surface area contributed by atoms with Crippen LogP contribution in [0.2, 0.25) is 0 Å². The summed E-state index contributed by atoms with van der Waals surface area (Å²) in [4.78, 5) is 76.6. The second-order valence-electron chi connectivity index (χ2n) is 8.23. The van der Waals surface area contributed by atoms with Gasteiger partial charge in [-0.1, -0.05) is 0 Å². The van der Waals surface area contributed by atoms with Gasteiger partial charge in [-0.25, -0.2) is 0 Å². The first kappa shape index (κ1) is 33.4. The first-order valence-corrected chi connectivity index (χ1v) is 15.4. The molecule has 0 saturated carbocycles. The maximum atomic E-state index is 11.1. The van der Waals surface area contributed by atoms with Gasteiger partial charge in [-0.3, -0.25) is 0 Å². The van der Waals surface area contributed by atoms with Gasteiger partial charge in [0.05, 0.1) is 0 Å². The molecule has 2 aromatic carbocycles. The number of benzene rings is 2. The van der Waals surface area contributed by atoms with E-state index in [4.69, 9.17) is 29.4 Å². The van der Waals surface area contributed by atoms with Gasteiger partial charge in [0, 0.05) is 0 Å². The molecule has 0 aliphatic carbocycles. The van der Waals surface area contributed by atoms with Crippen LogP contribution in [0, 0.1) is 5.92 Å². The minimum Gasteiger partial charge on any atom is -0.328 e. The van der Waals surface area contributed by atoms with Gasteiger partial charge in [0.2, 0.25) is 0 Å². The van der Waals surface area contributed by atoms with E-state index in [2.05, 4.69) is 13.8 Å². The van der Waals surface area contributed by atoms with Crippen molar-refractivity contribution in [1.82, 2.24) is 0 Å². The summed E-state index contributed by atoms with van der Waals surface area (Å²) in [6.45, 7) is 4.47. The normalized spacial score (nSPS) is 13.4. The zero-order valence-electron chi connectivity index (χ0n) is 19.5. The van der Waals surface area contributed by atoms with Gasteiger partial charge >= 0.3 is 175 Å². The summed E-state index contributed by atoms with van der Waals surface area (Å²) >= 11 is 0. The predicted octanol–water partition coefficient (Wildman–Crippen LogP) is 3.71. The molecule has 9 nitrogen and oxygen atoms in total. The molecule has 1 unspecified atom stereocenters. The van der Waals surface area contributed by atoms with Crippen LogP contribution < -0.4 is 5.30 Å². The zero-order chi connectivity index (χ0) is 26.2. The molecule has 1 atom stereocenters. The fourth-order valence-corrected chi connectivity index (χ4v) is 5.98. The molecule has 0 aliphatic heterocycles. The van der Waals surface area contributed by atoms with Gasteiger partial charge in [-0.15, -0.1) is 0 Å². The molecule has 0 spiro atoms. The van der Waals surface area contributed by atoms with E-state index >= 15 is 0 Å². The zero-order valence-corrected chi connectivity index (χ0v) is 22.2. The first-order valence-electron chi connectivity index (χ1n) is 10.9. The van der Waals surface area contributed by atoms with Gasteiger partial charge in [-0.05, 0) is 0 Å². The van der Waals surface area contributed by atoms with Crippen LogP contribution in [0.25, 0.3) is 0 Å². The summed E-state index contributed by atoms with van der Waals surface area (Å²) in [5.74, 6) is 0.723. The predicted molar refractivity (Wildman–Crippen MR) is 139 cm³/mol. The Morgan fingerprint density at radius 2 is 1.00 bits per heavy atom. The van der Waals surface area contributed by atoms with Gasteiger partial charge < -0.3 is 29.4 Å². The molecule has 0 saturated heterocycles. The number of unbranched alkanes of at least 4 members (excludes halogenated alkanes) is 3. The number of hydrogen-bond acceptors (Lipinski definition) is 9. The molecule has 196 valence electrons. The Labute approximate surface area is 204 Å². The summed E-state index contributed by atoms with van der Waals surface area (Å²) in [6, 6.07) is 17.9. The fourth-order valence-electron chi connectivity index (χ4n) is 3.49. The minimum atomic E-state index is -5.03. The van der Waals surface area contributed by atoms with Crippen molar-refractivity contribution in [2.75, 3.05) is 0 Å². The molecule has 0 aromatic heterocycles. The molecule has 0 heterocycles. The molecule has 34 heavy (non-hydrogen) atoms. The SMILES string of the molecule is CC(C)CCCCCCC(c1ccccc1)P(O)(O)(O)c1ccccc1.OP(O)O.OP(O)O. The van der Waals surface area contributed by atoms with Crippen molar-refractivity contribution in [2.45, 2.75) is 58.0 Å². The van der Waals surface area contributed by atoms with Crippen molar-refractivity contribution in [3.05, 3.63) is 66.2 Å². The van der Waals surface area contributed by atoms with Crippen molar-refractivity contribution in [3.8, 4) is 0 Å². The Kier molecular flexibility index (Phi) is 16.6. The number of rotatable bonds is 10. The smallest absolute Gasteiger partial charge is 0.324 e. The van der Waals surface area contributed by atoms with Crippen LogP contribution in [0.1, 0.15) is 63.6 Å². The maximum absolute atomic E-state index is 11.1. The molecule has 0 amide bonds.